The van der Waals surface area contributed by atoms with Crippen LogP contribution in [0.2, 0.25) is 0 Å². The predicted molar refractivity (Wildman–Crippen MR) is 126 cm³/mol. The van der Waals surface area contributed by atoms with Gasteiger partial charge in [0.1, 0.15) is 27.2 Å². The van der Waals surface area contributed by atoms with Gasteiger partial charge in [0.05, 0.1) is 5.69 Å². The van der Waals surface area contributed by atoms with E-state index in [0.29, 0.717) is 32.9 Å². The van der Waals surface area contributed by atoms with Crippen LogP contribution in [0.5, 0.6) is 0 Å². The molecule has 0 saturated carbocycles. The van der Waals surface area contributed by atoms with E-state index < -0.39 is 0 Å². The number of amides is 1. The van der Waals surface area contributed by atoms with Gasteiger partial charge in [-0.15, -0.1) is 11.3 Å². The maximum atomic E-state index is 12.9. The van der Waals surface area contributed by atoms with E-state index in [1.807, 2.05) is 62.4 Å². The number of nitrogens with one attached hydrogen (secondary N) is 1. The Bertz CT molecular complexity index is 1330. The van der Waals surface area contributed by atoms with Crippen LogP contribution in [0.15, 0.2) is 48.5 Å². The molecule has 0 saturated heterocycles. The van der Waals surface area contributed by atoms with Crippen LogP contribution < -0.4 is 16.8 Å². The summed E-state index contributed by atoms with van der Waals surface area (Å²) in [6.07, 6.45) is 0. The van der Waals surface area contributed by atoms with Crippen molar-refractivity contribution in [2.45, 2.75) is 20.4 Å². The topological polar surface area (TPSA) is 118 Å². The Labute approximate surface area is 184 Å². The van der Waals surface area contributed by atoms with Crippen molar-refractivity contribution in [3.63, 3.8) is 0 Å². The van der Waals surface area contributed by atoms with Crippen LogP contribution >= 0.6 is 11.3 Å². The van der Waals surface area contributed by atoms with E-state index in [2.05, 4.69) is 16.4 Å². The first-order valence-corrected chi connectivity index (χ1v) is 10.5. The number of aryl methyl sites for hydroxylation is 2. The van der Waals surface area contributed by atoms with Gasteiger partial charge in [0.15, 0.2) is 0 Å². The molecule has 0 radical (unpaired) electrons. The van der Waals surface area contributed by atoms with Gasteiger partial charge in [-0.25, -0.2) is 4.98 Å². The van der Waals surface area contributed by atoms with Crippen LogP contribution in [-0.4, -0.2) is 10.9 Å². The number of benzene rings is 2. The minimum Gasteiger partial charge on any atom is -0.397 e. The average Bonchev–Trinajstić information content (AvgIpc) is 3.08. The number of hydrogen-bond acceptors (Lipinski definition) is 6. The molecule has 2 aromatic carbocycles. The second-order valence-corrected chi connectivity index (χ2v) is 8.42. The Morgan fingerprint density at radius 3 is 2.29 bits per heavy atom. The summed E-state index contributed by atoms with van der Waals surface area (Å²) in [5, 5.41) is 13.2. The average molecular weight is 428 g/mol. The molecule has 5 N–H and O–H groups in total. The second-order valence-electron chi connectivity index (χ2n) is 7.42. The normalized spacial score (nSPS) is 10.7. The first-order valence-electron chi connectivity index (χ1n) is 9.71. The molecule has 4 rings (SSSR count). The molecule has 0 aliphatic carbocycles. The van der Waals surface area contributed by atoms with Crippen LogP contribution in [0.3, 0.4) is 0 Å². The predicted octanol–water partition coefficient (Wildman–Crippen LogP) is 4.55. The molecule has 4 aromatic rings. The number of fused-ring (bicyclic) bond motifs is 1. The highest BCUT2D eigenvalue weighted by atomic mass is 32.1. The van der Waals surface area contributed by atoms with Gasteiger partial charge in [0.25, 0.3) is 5.91 Å². The van der Waals surface area contributed by atoms with E-state index >= 15 is 0 Å². The summed E-state index contributed by atoms with van der Waals surface area (Å²) in [6.45, 7) is 4.39. The number of hydrogen-bond donors (Lipinski definition) is 3. The minimum absolute atomic E-state index is 0.124. The number of rotatable bonds is 4. The highest BCUT2D eigenvalue weighted by Crippen LogP contribution is 2.42. The number of nitrogen functional groups attached to an aromatic ring is 2. The lowest BCUT2D eigenvalue weighted by atomic mass is 9.96. The molecule has 0 unspecified atom stereocenters. The monoisotopic (exact) mass is 427 g/mol. The zero-order valence-electron chi connectivity index (χ0n) is 17.2. The van der Waals surface area contributed by atoms with E-state index in [4.69, 9.17) is 11.5 Å². The standard InChI is InChI=1S/C24H21N5OS/c1-13-3-7-15(8-4-13)12-28-23(30)21-20(26)19-18(16-9-5-14(2)6-10-16)17(11-25)22(27)29-24(19)31-21/h3-10H,12,26H2,1-2H3,(H2,27,29)(H,28,30). The van der Waals surface area contributed by atoms with Gasteiger partial charge in [-0.2, -0.15) is 5.26 Å². The molecule has 1 amide bonds. The SMILES string of the molecule is Cc1ccc(CNC(=O)c2sc3nc(N)c(C#N)c(-c4ccc(C)cc4)c3c2N)cc1. The third-order valence-electron chi connectivity index (χ3n) is 5.14. The van der Waals surface area contributed by atoms with E-state index in [1.165, 1.54) is 11.3 Å². The lowest BCUT2D eigenvalue weighted by Crippen LogP contribution is -2.22. The summed E-state index contributed by atoms with van der Waals surface area (Å²) in [7, 11) is 0. The van der Waals surface area contributed by atoms with Crippen molar-refractivity contribution in [2.24, 2.45) is 0 Å². The van der Waals surface area contributed by atoms with E-state index in [9.17, 15) is 10.1 Å². The third kappa shape index (κ3) is 3.81. The molecule has 2 heterocycles. The molecule has 0 aliphatic rings. The van der Waals surface area contributed by atoms with Crippen molar-refractivity contribution in [3.8, 4) is 17.2 Å². The van der Waals surface area contributed by atoms with E-state index in [-0.39, 0.29) is 17.3 Å². The molecule has 0 atom stereocenters. The van der Waals surface area contributed by atoms with Crippen molar-refractivity contribution in [1.29, 1.82) is 5.26 Å². The van der Waals surface area contributed by atoms with Crippen molar-refractivity contribution < 1.29 is 4.79 Å². The number of thiophene rings is 1. The highest BCUT2D eigenvalue weighted by molar-refractivity contribution is 7.21. The zero-order valence-corrected chi connectivity index (χ0v) is 18.0. The van der Waals surface area contributed by atoms with E-state index in [1.54, 1.807) is 0 Å². The first kappa shape index (κ1) is 20.4. The van der Waals surface area contributed by atoms with Gasteiger partial charge in [-0.3, -0.25) is 4.79 Å². The first-order chi connectivity index (χ1) is 14.9. The van der Waals surface area contributed by atoms with Crippen molar-refractivity contribution >= 4 is 39.0 Å². The van der Waals surface area contributed by atoms with Crippen molar-refractivity contribution in [3.05, 3.63) is 75.7 Å². The lowest BCUT2D eigenvalue weighted by molar-refractivity contribution is 0.0956. The fourth-order valence-corrected chi connectivity index (χ4v) is 4.46. The molecule has 0 aliphatic heterocycles. The summed E-state index contributed by atoms with van der Waals surface area (Å²) in [4.78, 5) is 18.1. The van der Waals surface area contributed by atoms with Crippen molar-refractivity contribution in [1.82, 2.24) is 10.3 Å². The van der Waals surface area contributed by atoms with Gasteiger partial charge in [0.2, 0.25) is 0 Å². The molecule has 0 spiro atoms. The number of nitrogens with two attached hydrogens (primary N) is 2. The molecule has 31 heavy (non-hydrogen) atoms. The Morgan fingerprint density at radius 1 is 1.06 bits per heavy atom. The molecule has 0 fully saturated rings. The van der Waals surface area contributed by atoms with Gasteiger partial charge in [-0.05, 0) is 25.0 Å². The molecule has 0 bridgehead atoms. The van der Waals surface area contributed by atoms with Crippen LogP contribution in [0, 0.1) is 25.2 Å². The van der Waals surface area contributed by atoms with Gasteiger partial charge in [0, 0.05) is 17.5 Å². The van der Waals surface area contributed by atoms with Gasteiger partial charge >= 0.3 is 0 Å². The van der Waals surface area contributed by atoms with Crippen LogP contribution in [-0.2, 0) is 6.54 Å². The lowest BCUT2D eigenvalue weighted by Gasteiger charge is -2.10. The fourth-order valence-electron chi connectivity index (χ4n) is 3.43. The summed E-state index contributed by atoms with van der Waals surface area (Å²) < 4.78 is 0. The molecule has 6 nitrogen and oxygen atoms in total. The van der Waals surface area contributed by atoms with Crippen LogP contribution in [0.25, 0.3) is 21.3 Å². The Kier molecular flexibility index (Phi) is 5.32. The summed E-state index contributed by atoms with van der Waals surface area (Å²) in [5.74, 6) is -0.161. The zero-order chi connectivity index (χ0) is 22.1. The Balaban J connectivity index is 1.78. The summed E-state index contributed by atoms with van der Waals surface area (Å²) >= 11 is 1.18. The Hall–Kier alpha value is -3.89. The number of carbonyl (C=O) groups excluding carboxylic acids is 1. The van der Waals surface area contributed by atoms with Gasteiger partial charge in [-0.1, -0.05) is 59.7 Å². The van der Waals surface area contributed by atoms with E-state index in [0.717, 1.165) is 22.3 Å². The smallest absolute Gasteiger partial charge is 0.263 e. The maximum absolute atomic E-state index is 12.9. The van der Waals surface area contributed by atoms with Crippen LogP contribution in [0.4, 0.5) is 11.5 Å². The molecule has 2 aromatic heterocycles. The molecule has 154 valence electrons. The molecular weight excluding hydrogens is 406 g/mol. The molecular formula is C24H21N5OS. The van der Waals surface area contributed by atoms with Crippen LogP contribution in [0.1, 0.15) is 31.9 Å². The largest absolute Gasteiger partial charge is 0.397 e. The number of pyridine rings is 1. The Morgan fingerprint density at radius 2 is 1.68 bits per heavy atom. The highest BCUT2D eigenvalue weighted by Gasteiger charge is 2.24. The number of carbonyl (C=O) groups is 1. The fraction of sp³-hybridized carbons (Fsp3) is 0.125. The quantitative estimate of drug-likeness (QED) is 0.442. The number of nitriles is 1. The summed E-state index contributed by atoms with van der Waals surface area (Å²) in [6, 6.07) is 17.8. The second kappa shape index (κ2) is 8.09. The minimum atomic E-state index is -0.284. The molecule has 7 heteroatoms. The van der Waals surface area contributed by atoms with Crippen molar-refractivity contribution in [2.75, 3.05) is 11.5 Å². The third-order valence-corrected chi connectivity index (χ3v) is 6.23. The van der Waals surface area contributed by atoms with Gasteiger partial charge < -0.3 is 16.8 Å². The number of anilines is 2. The maximum Gasteiger partial charge on any atom is 0.263 e. The number of aromatic nitrogens is 1. The number of nitrogens with zero attached hydrogens (tertiary/aromatic N) is 2. The summed E-state index contributed by atoms with van der Waals surface area (Å²) in [5.41, 5.74) is 17.7.